The minimum absolute atomic E-state index is 0.214. The molecule has 1 amide bonds. The minimum atomic E-state index is -4.71. The second-order valence-corrected chi connectivity index (χ2v) is 6.52. The number of aryl methyl sites for hydroxylation is 1. The molecule has 3 rings (SSSR count). The van der Waals surface area contributed by atoms with Gasteiger partial charge in [-0.25, -0.2) is 4.98 Å². The number of nitrogens with zero attached hydrogens (tertiary/aromatic N) is 3. The molecule has 8 heteroatoms. The molecule has 0 fully saturated rings. The van der Waals surface area contributed by atoms with Crippen LogP contribution in [0.5, 0.6) is 0 Å². The number of carbonyl (C=O) groups is 1. The maximum atomic E-state index is 13.0. The van der Waals surface area contributed by atoms with E-state index >= 15 is 0 Å². The van der Waals surface area contributed by atoms with Gasteiger partial charge in [-0.3, -0.25) is 9.78 Å². The normalized spacial score (nSPS) is 11.4. The van der Waals surface area contributed by atoms with E-state index in [0.717, 1.165) is 22.8 Å². The van der Waals surface area contributed by atoms with Crippen molar-refractivity contribution < 1.29 is 18.0 Å². The van der Waals surface area contributed by atoms with Gasteiger partial charge in [-0.15, -0.1) is 0 Å². The van der Waals surface area contributed by atoms with E-state index in [9.17, 15) is 18.0 Å². The van der Waals surface area contributed by atoms with Crippen molar-refractivity contribution in [2.24, 2.45) is 0 Å². The van der Waals surface area contributed by atoms with Crippen molar-refractivity contribution in [1.29, 1.82) is 0 Å². The Bertz CT molecular complexity index is 1040. The molecular formula is C20H15ClF3N3O. The lowest BCUT2D eigenvalue weighted by molar-refractivity contribution is -0.141. The van der Waals surface area contributed by atoms with E-state index in [2.05, 4.69) is 9.97 Å². The van der Waals surface area contributed by atoms with E-state index in [1.165, 1.54) is 18.1 Å². The van der Waals surface area contributed by atoms with Crippen molar-refractivity contribution in [3.8, 4) is 11.1 Å². The van der Waals surface area contributed by atoms with Gasteiger partial charge in [0, 0.05) is 24.4 Å². The summed E-state index contributed by atoms with van der Waals surface area (Å²) in [6.07, 6.45) is -1.62. The van der Waals surface area contributed by atoms with Crippen LogP contribution in [-0.4, -0.2) is 22.9 Å². The summed E-state index contributed by atoms with van der Waals surface area (Å²) in [6.45, 7) is 1.93. The first-order chi connectivity index (χ1) is 13.2. The number of hydrogen-bond acceptors (Lipinski definition) is 3. The number of aromatic nitrogens is 2. The van der Waals surface area contributed by atoms with Crippen LogP contribution in [0.3, 0.4) is 0 Å². The van der Waals surface area contributed by atoms with Crippen LogP contribution in [0.15, 0.2) is 54.9 Å². The first-order valence-corrected chi connectivity index (χ1v) is 8.59. The molecule has 0 radical (unpaired) electrons. The molecule has 0 unspecified atom stereocenters. The SMILES string of the molecule is Cc1ccccc1-c1ccncc1N(C)C(=O)c1cc(Cl)nc(C(F)(F)F)c1. The molecule has 144 valence electrons. The maximum Gasteiger partial charge on any atom is 0.433 e. The first kappa shape index (κ1) is 19.8. The highest BCUT2D eigenvalue weighted by atomic mass is 35.5. The lowest BCUT2D eigenvalue weighted by atomic mass is 10.00. The number of anilines is 1. The first-order valence-electron chi connectivity index (χ1n) is 8.21. The van der Waals surface area contributed by atoms with E-state index in [1.54, 1.807) is 12.3 Å². The summed E-state index contributed by atoms with van der Waals surface area (Å²) in [5.41, 5.74) is 1.64. The van der Waals surface area contributed by atoms with E-state index in [4.69, 9.17) is 11.6 Å². The Kier molecular flexibility index (Phi) is 5.38. The lowest BCUT2D eigenvalue weighted by Crippen LogP contribution is -2.27. The number of carbonyl (C=O) groups excluding carboxylic acids is 1. The monoisotopic (exact) mass is 405 g/mol. The van der Waals surface area contributed by atoms with Gasteiger partial charge in [0.15, 0.2) is 0 Å². The van der Waals surface area contributed by atoms with Crippen molar-refractivity contribution >= 4 is 23.2 Å². The Morgan fingerprint density at radius 1 is 1.11 bits per heavy atom. The number of amides is 1. The summed E-state index contributed by atoms with van der Waals surface area (Å²) >= 11 is 5.70. The van der Waals surface area contributed by atoms with Gasteiger partial charge in [-0.2, -0.15) is 13.2 Å². The molecule has 4 nitrogen and oxygen atoms in total. The van der Waals surface area contributed by atoms with Crippen LogP contribution in [0.4, 0.5) is 18.9 Å². The topological polar surface area (TPSA) is 46.1 Å². The fourth-order valence-corrected chi connectivity index (χ4v) is 3.03. The number of hydrogen-bond donors (Lipinski definition) is 0. The molecule has 0 aliphatic carbocycles. The Labute approximate surface area is 164 Å². The third-order valence-corrected chi connectivity index (χ3v) is 4.43. The molecule has 2 heterocycles. The molecule has 0 bridgehead atoms. The highest BCUT2D eigenvalue weighted by molar-refractivity contribution is 6.30. The smallest absolute Gasteiger partial charge is 0.309 e. The summed E-state index contributed by atoms with van der Waals surface area (Å²) in [5.74, 6) is -0.655. The number of pyridine rings is 2. The molecule has 0 saturated heterocycles. The van der Waals surface area contributed by atoms with Crippen LogP contribution >= 0.6 is 11.6 Å². The third-order valence-electron chi connectivity index (χ3n) is 4.23. The average molecular weight is 406 g/mol. The average Bonchev–Trinajstić information content (AvgIpc) is 2.66. The molecule has 0 saturated carbocycles. The van der Waals surface area contributed by atoms with Crippen LogP contribution in [0, 0.1) is 6.92 Å². The second-order valence-electron chi connectivity index (χ2n) is 6.13. The van der Waals surface area contributed by atoms with Gasteiger partial charge in [0.1, 0.15) is 10.8 Å². The highest BCUT2D eigenvalue weighted by Crippen LogP contribution is 2.33. The van der Waals surface area contributed by atoms with Crippen LogP contribution in [0.1, 0.15) is 21.6 Å². The van der Waals surface area contributed by atoms with Gasteiger partial charge >= 0.3 is 6.18 Å². The van der Waals surface area contributed by atoms with Crippen LogP contribution in [0.2, 0.25) is 5.15 Å². The zero-order valence-electron chi connectivity index (χ0n) is 15.0. The zero-order chi connectivity index (χ0) is 20.5. The number of halogens is 4. The molecule has 0 aliphatic heterocycles. The molecule has 0 atom stereocenters. The van der Waals surface area contributed by atoms with Gasteiger partial charge in [-0.1, -0.05) is 35.9 Å². The van der Waals surface area contributed by atoms with Gasteiger partial charge in [-0.05, 0) is 36.2 Å². The third kappa shape index (κ3) is 3.99. The molecular weight excluding hydrogens is 391 g/mol. The van der Waals surface area contributed by atoms with E-state index in [-0.39, 0.29) is 5.56 Å². The minimum Gasteiger partial charge on any atom is -0.309 e. The Balaban J connectivity index is 2.05. The number of alkyl halides is 3. The predicted octanol–water partition coefficient (Wildman–Crippen LogP) is 5.40. The van der Waals surface area contributed by atoms with Crippen LogP contribution in [-0.2, 0) is 6.18 Å². The Morgan fingerprint density at radius 2 is 1.82 bits per heavy atom. The van der Waals surface area contributed by atoms with Gasteiger partial charge < -0.3 is 4.90 Å². The van der Waals surface area contributed by atoms with E-state index in [0.29, 0.717) is 11.8 Å². The standard InChI is InChI=1S/C20H15ClF3N3O/c1-12-5-3-4-6-14(12)15-7-8-25-11-16(15)27(2)19(28)13-9-17(20(22,23)24)26-18(21)10-13/h3-11H,1-2H3. The largest absolute Gasteiger partial charge is 0.433 e. The van der Waals surface area contributed by atoms with Gasteiger partial charge in [0.05, 0.1) is 11.9 Å². The van der Waals surface area contributed by atoms with Crippen molar-refractivity contribution in [3.63, 3.8) is 0 Å². The summed E-state index contributed by atoms with van der Waals surface area (Å²) in [7, 11) is 1.47. The van der Waals surface area contributed by atoms with Gasteiger partial charge in [0.2, 0.25) is 0 Å². The summed E-state index contributed by atoms with van der Waals surface area (Å²) < 4.78 is 39.0. The van der Waals surface area contributed by atoms with Gasteiger partial charge in [0.25, 0.3) is 5.91 Å². The zero-order valence-corrected chi connectivity index (χ0v) is 15.7. The fraction of sp³-hybridized carbons (Fsp3) is 0.150. The number of benzene rings is 1. The van der Waals surface area contributed by atoms with E-state index < -0.39 is 22.9 Å². The Hall–Kier alpha value is -2.93. The maximum absolute atomic E-state index is 13.0. The summed E-state index contributed by atoms with van der Waals surface area (Å²) in [5, 5.41) is -0.406. The molecule has 0 N–H and O–H groups in total. The predicted molar refractivity (Wildman–Crippen MR) is 101 cm³/mol. The summed E-state index contributed by atoms with van der Waals surface area (Å²) in [4.78, 5) is 21.5. The highest BCUT2D eigenvalue weighted by Gasteiger charge is 2.34. The molecule has 0 spiro atoms. The second kappa shape index (κ2) is 7.59. The molecule has 0 aliphatic rings. The van der Waals surface area contributed by atoms with Crippen molar-refractivity contribution in [3.05, 3.63) is 76.8 Å². The fourth-order valence-electron chi connectivity index (χ4n) is 2.82. The molecule has 1 aromatic carbocycles. The van der Waals surface area contributed by atoms with E-state index in [1.807, 2.05) is 31.2 Å². The quantitative estimate of drug-likeness (QED) is 0.548. The van der Waals surface area contributed by atoms with Crippen LogP contribution in [0.25, 0.3) is 11.1 Å². The molecule has 2 aromatic heterocycles. The van der Waals surface area contributed by atoms with Crippen LogP contribution < -0.4 is 4.90 Å². The van der Waals surface area contributed by atoms with Crippen molar-refractivity contribution in [2.45, 2.75) is 13.1 Å². The van der Waals surface area contributed by atoms with Crippen molar-refractivity contribution in [2.75, 3.05) is 11.9 Å². The molecule has 3 aromatic rings. The lowest BCUT2D eigenvalue weighted by Gasteiger charge is -2.21. The summed E-state index contributed by atoms with van der Waals surface area (Å²) in [6, 6.07) is 11.1. The molecule has 28 heavy (non-hydrogen) atoms. The Morgan fingerprint density at radius 3 is 2.50 bits per heavy atom. The van der Waals surface area contributed by atoms with Crippen molar-refractivity contribution in [1.82, 2.24) is 9.97 Å². The number of rotatable bonds is 3.